The van der Waals surface area contributed by atoms with Gasteiger partial charge in [0, 0.05) is 29.7 Å². The monoisotopic (exact) mass is 424 g/mol. The van der Waals surface area contributed by atoms with E-state index in [2.05, 4.69) is 9.47 Å². The van der Waals surface area contributed by atoms with Gasteiger partial charge in [-0.15, -0.1) is 0 Å². The lowest BCUT2D eigenvalue weighted by Gasteiger charge is -2.33. The molecule has 0 aromatic heterocycles. The Bertz CT molecular complexity index is 324. The average Bonchev–Trinajstić information content (AvgIpc) is 2.13. The third-order valence-corrected chi connectivity index (χ3v) is 2.42. The van der Waals surface area contributed by atoms with Crippen LogP contribution < -0.4 is 0 Å². The van der Waals surface area contributed by atoms with Crippen LogP contribution in [0, 0.1) is 0 Å². The highest BCUT2D eigenvalue weighted by atomic mass is 127. The molecule has 0 aliphatic heterocycles. The van der Waals surface area contributed by atoms with Crippen molar-refractivity contribution in [2.24, 2.45) is 0 Å². The third-order valence-electron chi connectivity index (χ3n) is 1.57. The summed E-state index contributed by atoms with van der Waals surface area (Å²) >= 11 is -0.233. The lowest BCUT2D eigenvalue weighted by Crippen LogP contribution is -2.58. The fourth-order valence-electron chi connectivity index (χ4n) is 0.568. The molecule has 0 aromatic carbocycles. The quantitative estimate of drug-likeness (QED) is 0.376. The van der Waals surface area contributed by atoms with Gasteiger partial charge in [0.25, 0.3) is 0 Å². The summed E-state index contributed by atoms with van der Waals surface area (Å²) in [5.41, 5.74) is 0. The molecule has 2 nitrogen and oxygen atoms in total. The van der Waals surface area contributed by atoms with Crippen molar-refractivity contribution < 1.29 is 53.4 Å². The lowest BCUT2D eigenvalue weighted by atomic mass is 10.3. The van der Waals surface area contributed by atoms with Gasteiger partial charge in [-0.1, -0.05) is 0 Å². The highest BCUT2D eigenvalue weighted by Gasteiger charge is 2.77. The average molecular weight is 424 g/mol. The van der Waals surface area contributed by atoms with Crippen LogP contribution in [-0.2, 0) is 9.47 Å². The number of methoxy groups -OCH3 is 1. The van der Waals surface area contributed by atoms with Gasteiger partial charge in [-0.2, -0.15) is 43.9 Å². The molecule has 0 bridgehead atoms. The van der Waals surface area contributed by atoms with Crippen LogP contribution in [0.3, 0.4) is 0 Å². The molecule has 0 aromatic rings. The van der Waals surface area contributed by atoms with E-state index in [1.54, 1.807) is 0 Å². The van der Waals surface area contributed by atoms with Crippen molar-refractivity contribution in [2.45, 2.75) is 28.2 Å². The van der Waals surface area contributed by atoms with Crippen molar-refractivity contribution in [1.82, 2.24) is 0 Å². The zero-order chi connectivity index (χ0) is 15.9. The Balaban J connectivity index is 5.39. The number of ether oxygens (including phenoxy) is 2. The van der Waals surface area contributed by atoms with E-state index in [-0.39, 0.29) is 29.7 Å². The SMILES string of the molecule is COC(F)(F)C(F)(I)OC(F)(F)C(F)(F)C(F)(F)F. The highest BCUT2D eigenvalue weighted by Crippen LogP contribution is 2.52. The van der Waals surface area contributed by atoms with Crippen LogP contribution in [0.2, 0.25) is 0 Å². The Morgan fingerprint density at radius 2 is 1.11 bits per heavy atom. The van der Waals surface area contributed by atoms with Crippen molar-refractivity contribution in [3.63, 3.8) is 0 Å². The molecule has 0 N–H and O–H groups in total. The standard InChI is InChI=1S/C6H3F10IO2/c1-18-5(14,15)6(16,17)19-4(12,13)2(7,8)3(9,10)11/h1H3. The first-order chi connectivity index (χ1) is 8.02. The van der Waals surface area contributed by atoms with Crippen molar-refractivity contribution in [1.29, 1.82) is 0 Å². The summed E-state index contributed by atoms with van der Waals surface area (Å²) in [6.45, 7) is 0. The summed E-state index contributed by atoms with van der Waals surface area (Å²) < 4.78 is 123. The first kappa shape index (κ1) is 18.9. The molecule has 0 saturated carbocycles. The van der Waals surface area contributed by atoms with E-state index < -0.39 is 28.2 Å². The van der Waals surface area contributed by atoms with Crippen molar-refractivity contribution in [3.8, 4) is 0 Å². The lowest BCUT2D eigenvalue weighted by molar-refractivity contribution is -0.468. The molecular formula is C6H3F10IO2. The molecule has 0 fully saturated rings. The van der Waals surface area contributed by atoms with E-state index in [0.29, 0.717) is 0 Å². The molecule has 116 valence electrons. The van der Waals surface area contributed by atoms with Gasteiger partial charge in [0.2, 0.25) is 0 Å². The first-order valence-electron chi connectivity index (χ1n) is 3.85. The first-order valence-corrected chi connectivity index (χ1v) is 4.93. The van der Waals surface area contributed by atoms with E-state index >= 15 is 0 Å². The summed E-state index contributed by atoms with van der Waals surface area (Å²) in [7, 11) is 0.0936. The van der Waals surface area contributed by atoms with Gasteiger partial charge in [0.15, 0.2) is 0 Å². The van der Waals surface area contributed by atoms with E-state index in [4.69, 9.17) is 0 Å². The second kappa shape index (κ2) is 5.05. The van der Waals surface area contributed by atoms with Gasteiger partial charge in [-0.05, 0) is 0 Å². The molecule has 0 heterocycles. The number of hydrogen-bond donors (Lipinski definition) is 0. The van der Waals surface area contributed by atoms with Crippen LogP contribution in [0.5, 0.6) is 0 Å². The molecule has 0 aliphatic rings. The maximum absolute atomic E-state index is 13.0. The summed E-state index contributed by atoms with van der Waals surface area (Å²) in [6, 6.07) is 0. The number of hydrogen-bond acceptors (Lipinski definition) is 2. The fourth-order valence-corrected chi connectivity index (χ4v) is 1.07. The molecule has 19 heavy (non-hydrogen) atoms. The van der Waals surface area contributed by atoms with Gasteiger partial charge in [-0.3, -0.25) is 4.74 Å². The summed E-state index contributed by atoms with van der Waals surface area (Å²) in [4.78, 5) is 0. The Hall–Kier alpha value is -0.0500. The molecule has 0 saturated heterocycles. The van der Waals surface area contributed by atoms with Gasteiger partial charge in [0.1, 0.15) is 0 Å². The predicted molar refractivity (Wildman–Crippen MR) is 46.8 cm³/mol. The van der Waals surface area contributed by atoms with Crippen LogP contribution in [-0.4, -0.2) is 35.3 Å². The normalized spacial score (nSPS) is 18.3. The minimum absolute atomic E-state index is 0.0936. The van der Waals surface area contributed by atoms with Crippen molar-refractivity contribution >= 4 is 22.6 Å². The van der Waals surface area contributed by atoms with E-state index in [0.717, 1.165) is 0 Å². The molecule has 1 atom stereocenters. The van der Waals surface area contributed by atoms with Crippen molar-refractivity contribution in [2.75, 3.05) is 7.11 Å². The van der Waals surface area contributed by atoms with Gasteiger partial charge < -0.3 is 4.74 Å². The van der Waals surface area contributed by atoms with Crippen LogP contribution in [0.15, 0.2) is 0 Å². The second-order valence-corrected chi connectivity index (χ2v) is 4.32. The second-order valence-electron chi connectivity index (χ2n) is 2.93. The number of rotatable bonds is 5. The molecule has 1 unspecified atom stereocenters. The fraction of sp³-hybridized carbons (Fsp3) is 1.00. The molecular weight excluding hydrogens is 421 g/mol. The molecule has 0 radical (unpaired) electrons. The van der Waals surface area contributed by atoms with E-state index in [9.17, 15) is 43.9 Å². The third kappa shape index (κ3) is 3.53. The molecule has 0 spiro atoms. The van der Waals surface area contributed by atoms with E-state index in [1.807, 2.05) is 0 Å². The molecule has 0 amide bonds. The maximum atomic E-state index is 13.0. The Morgan fingerprint density at radius 1 is 0.737 bits per heavy atom. The Kier molecular flexibility index (Phi) is 5.04. The highest BCUT2D eigenvalue weighted by molar-refractivity contribution is 14.1. The molecule has 13 heteroatoms. The summed E-state index contributed by atoms with van der Waals surface area (Å²) in [6.07, 6.45) is -18.6. The molecule has 0 aliphatic carbocycles. The zero-order valence-electron chi connectivity index (χ0n) is 8.47. The van der Waals surface area contributed by atoms with Crippen LogP contribution in [0.1, 0.15) is 0 Å². The minimum Gasteiger partial charge on any atom is -0.319 e. The number of halogens is 11. The van der Waals surface area contributed by atoms with E-state index in [1.165, 1.54) is 0 Å². The van der Waals surface area contributed by atoms with Crippen LogP contribution >= 0.6 is 22.6 Å². The topological polar surface area (TPSA) is 18.5 Å². The smallest absolute Gasteiger partial charge is 0.319 e. The summed E-state index contributed by atoms with van der Waals surface area (Å²) in [5.74, 6) is -6.88. The van der Waals surface area contributed by atoms with Gasteiger partial charge >= 0.3 is 28.2 Å². The van der Waals surface area contributed by atoms with Crippen molar-refractivity contribution in [3.05, 3.63) is 0 Å². The Labute approximate surface area is 112 Å². The molecule has 0 rings (SSSR count). The maximum Gasteiger partial charge on any atom is 0.462 e. The largest absolute Gasteiger partial charge is 0.462 e. The van der Waals surface area contributed by atoms with Gasteiger partial charge in [0.05, 0.1) is 0 Å². The minimum atomic E-state index is -6.88. The predicted octanol–water partition coefficient (Wildman–Crippen LogP) is 4.09. The van der Waals surface area contributed by atoms with Gasteiger partial charge in [-0.25, -0.2) is 0 Å². The van der Waals surface area contributed by atoms with Crippen LogP contribution in [0.4, 0.5) is 43.9 Å². The van der Waals surface area contributed by atoms with Crippen LogP contribution in [0.25, 0.3) is 0 Å². The number of alkyl halides is 11. The Morgan fingerprint density at radius 3 is 1.37 bits per heavy atom. The zero-order valence-corrected chi connectivity index (χ0v) is 10.6. The summed E-state index contributed by atoms with van der Waals surface area (Å²) in [5, 5.41) is 0.